The number of aromatic nitrogens is 2. The molecule has 6 nitrogen and oxygen atoms in total. The molecule has 4 heterocycles. The second-order valence-electron chi connectivity index (χ2n) is 32.0. The molecule has 0 atom stereocenters. The van der Waals surface area contributed by atoms with Crippen LogP contribution >= 0.6 is 0 Å². The summed E-state index contributed by atoms with van der Waals surface area (Å²) >= 11 is 0. The first kappa shape index (κ1) is 63.8. The predicted octanol–water partition coefficient (Wildman–Crippen LogP) is 25.8. The number of fused-ring (bicyclic) bond motifs is 8. The Bertz CT molecular complexity index is 5100. The number of hydrogen-bond acceptors (Lipinski definition) is 5. The van der Waals surface area contributed by atoms with Gasteiger partial charge in [0.05, 0.1) is 1.37 Å². The maximum absolute atomic E-state index is 9.74. The van der Waals surface area contributed by atoms with Crippen molar-refractivity contribution in [3.05, 3.63) is 233 Å². The Morgan fingerprint density at radius 3 is 1.73 bits per heavy atom. The molecule has 9 aromatic carbocycles. The SMILES string of the molecule is [2H]c1nc(-n2c3[c-]c(Oc4[c-]c(N5[CH-]N(c6c(-c7cc(C(C)C)cc(C(C)(C)C)c7)cccc6-c6cc(C(C)(C)C)cc(C(C)(C)C)c6)c6ccccc65)cc(-c5c(C([2H])(C)C)cccc5C([2H])(C)C)c4)ccc3c3c4oc5ccccc5c4ccc32)cc(C(C)(C)C(C)(C)C)c1C.[Pt]. The molecule has 3 aromatic heterocycles. The Hall–Kier alpha value is -8.18. The minimum atomic E-state index is -1.06. The summed E-state index contributed by atoms with van der Waals surface area (Å²) in [7, 11) is 0. The molecule has 0 N–H and O–H groups in total. The van der Waals surface area contributed by atoms with Crippen LogP contribution in [0.1, 0.15) is 205 Å². The standard InChI is InChI=1S/C89H95N4O2.Pt/c1-53(2)57-40-58(42-61(41-57)85(8,9)10)69-31-27-32-70(59-43-62(86(11,12)13)47-63(44-59)87(14,15)16)83(69)92-52-91(75-33-23-24-34-76(75)92)64-45-60(81-67(54(3)4)29-26-30-68(81)55(5)6)46-66(48-64)94-65-36-37-73-78(49-65)93(80-50-74(56(7)51-90-80)89(20,21)88(17,18)19)77-39-38-72-71-28-22-25-35-79(71)95-84(72)82(73)77;/h22-47,50-55H,1-21H3;/q-3;/i51D,54D,55D;. The van der Waals surface area contributed by atoms with Gasteiger partial charge < -0.3 is 23.5 Å². The van der Waals surface area contributed by atoms with E-state index in [-0.39, 0.29) is 54.3 Å². The number of furan rings is 1. The maximum atomic E-state index is 9.74. The van der Waals surface area contributed by atoms with Crippen LogP contribution in [-0.4, -0.2) is 9.55 Å². The monoisotopic (exact) mass is 1450 g/mol. The smallest absolute Gasteiger partial charge is 0.135 e. The molecule has 0 radical (unpaired) electrons. The first-order valence-corrected chi connectivity index (χ1v) is 33.9. The molecule has 7 heteroatoms. The van der Waals surface area contributed by atoms with Gasteiger partial charge in [0.15, 0.2) is 0 Å². The van der Waals surface area contributed by atoms with E-state index in [0.717, 1.165) is 111 Å². The molecule has 0 unspecified atom stereocenters. The summed E-state index contributed by atoms with van der Waals surface area (Å²) in [6.07, 6.45) is 0.213. The Balaban J connectivity index is 0.00000931. The van der Waals surface area contributed by atoms with Gasteiger partial charge in [-0.05, 0) is 155 Å². The fraction of sp³-hybridized carbons (Fsp3) is 0.326. The predicted molar refractivity (Wildman–Crippen MR) is 403 cm³/mol. The summed E-state index contributed by atoms with van der Waals surface area (Å²) in [6, 6.07) is 66.3. The van der Waals surface area contributed by atoms with Gasteiger partial charge in [0.25, 0.3) is 0 Å². The minimum Gasteiger partial charge on any atom is -0.509 e. The quantitative estimate of drug-likeness (QED) is 0.114. The minimum absolute atomic E-state index is 0. The van der Waals surface area contributed by atoms with Crippen LogP contribution < -0.4 is 14.5 Å². The Labute approximate surface area is 590 Å². The fourth-order valence-corrected chi connectivity index (χ4v) is 13.8. The topological polar surface area (TPSA) is 46.7 Å². The van der Waals surface area contributed by atoms with Crippen LogP contribution in [0.2, 0.25) is 0 Å². The van der Waals surface area contributed by atoms with Crippen molar-refractivity contribution >= 4 is 66.5 Å². The molecule has 0 amide bonds. The molecular formula is C89H95N4O2Pt-3. The number of nitrogens with zero attached hydrogens (tertiary/aromatic N) is 4. The third-order valence-electron chi connectivity index (χ3n) is 20.4. The molecule has 96 heavy (non-hydrogen) atoms. The van der Waals surface area contributed by atoms with Crippen molar-refractivity contribution in [3.8, 4) is 50.7 Å². The summed E-state index contributed by atoms with van der Waals surface area (Å²) in [6.45, 7) is 48.5. The zero-order valence-corrected chi connectivity index (χ0v) is 62.4. The van der Waals surface area contributed by atoms with Crippen LogP contribution in [0.15, 0.2) is 174 Å². The molecule has 0 saturated carbocycles. The zero-order chi connectivity index (χ0) is 70.5. The second kappa shape index (κ2) is 24.7. The van der Waals surface area contributed by atoms with E-state index in [2.05, 4.69) is 259 Å². The van der Waals surface area contributed by atoms with Gasteiger partial charge in [-0.2, -0.15) is 6.07 Å². The first-order chi connectivity index (χ1) is 45.8. The number of pyridine rings is 1. The van der Waals surface area contributed by atoms with E-state index in [4.69, 9.17) is 14.1 Å². The van der Waals surface area contributed by atoms with Crippen LogP contribution in [0.5, 0.6) is 11.5 Å². The average Bonchev–Trinajstić information content (AvgIpc) is 1.55. The molecule has 496 valence electrons. The van der Waals surface area contributed by atoms with Gasteiger partial charge in [-0.1, -0.05) is 253 Å². The summed E-state index contributed by atoms with van der Waals surface area (Å²) in [4.78, 5) is 9.71. The third kappa shape index (κ3) is 12.1. The van der Waals surface area contributed by atoms with Crippen molar-refractivity contribution in [2.75, 3.05) is 9.80 Å². The molecule has 0 saturated heterocycles. The molecule has 0 spiro atoms. The van der Waals surface area contributed by atoms with Gasteiger partial charge >= 0.3 is 0 Å². The maximum Gasteiger partial charge on any atom is 0.135 e. The van der Waals surface area contributed by atoms with E-state index in [9.17, 15) is 4.11 Å². The van der Waals surface area contributed by atoms with Crippen molar-refractivity contribution in [3.63, 3.8) is 0 Å². The van der Waals surface area contributed by atoms with Crippen molar-refractivity contribution in [2.45, 2.75) is 185 Å². The van der Waals surface area contributed by atoms with Gasteiger partial charge in [-0.25, -0.2) is 4.98 Å². The van der Waals surface area contributed by atoms with E-state index in [1.165, 1.54) is 22.3 Å². The van der Waals surface area contributed by atoms with Gasteiger partial charge in [0, 0.05) is 86.0 Å². The Morgan fingerprint density at radius 2 is 1.12 bits per heavy atom. The van der Waals surface area contributed by atoms with Gasteiger partial charge in [-0.15, -0.1) is 48.3 Å². The summed E-state index contributed by atoms with van der Waals surface area (Å²) in [5.74, 6) is -0.372. The summed E-state index contributed by atoms with van der Waals surface area (Å²) in [5, 5.41) is 3.84. The van der Waals surface area contributed by atoms with Crippen molar-refractivity contribution in [1.29, 1.82) is 0 Å². The van der Waals surface area contributed by atoms with Crippen LogP contribution in [0.25, 0.3) is 82.9 Å². The molecule has 0 bridgehead atoms. The molecule has 12 aromatic rings. The normalized spacial score (nSPS) is 14.0. The summed E-state index contributed by atoms with van der Waals surface area (Å²) < 4.78 is 45.2. The number of hydrogen-bond donors (Lipinski definition) is 0. The van der Waals surface area contributed by atoms with Gasteiger partial charge in [-0.3, -0.25) is 0 Å². The van der Waals surface area contributed by atoms with Gasteiger partial charge in [0.1, 0.15) is 17.0 Å². The molecule has 1 aliphatic heterocycles. The molecule has 0 fully saturated rings. The number of rotatable bonds is 12. The zero-order valence-electron chi connectivity index (χ0n) is 63.2. The van der Waals surface area contributed by atoms with E-state index < -0.39 is 11.8 Å². The second-order valence-corrected chi connectivity index (χ2v) is 32.0. The molecule has 13 rings (SSSR count). The van der Waals surface area contributed by atoms with Crippen molar-refractivity contribution < 1.29 is 34.3 Å². The fourth-order valence-electron chi connectivity index (χ4n) is 13.8. The number of ether oxygens (including phenoxy) is 1. The molecule has 0 aliphatic carbocycles. The van der Waals surface area contributed by atoms with Crippen molar-refractivity contribution in [2.24, 2.45) is 5.41 Å². The average molecular weight is 1450 g/mol. The largest absolute Gasteiger partial charge is 0.509 e. The number of anilines is 4. The van der Waals surface area contributed by atoms with Crippen LogP contribution in [0.4, 0.5) is 22.7 Å². The summed E-state index contributed by atoms with van der Waals surface area (Å²) in [5.41, 5.74) is 20.6. The van der Waals surface area contributed by atoms with Crippen LogP contribution in [0.3, 0.4) is 0 Å². The molecule has 1 aliphatic rings. The molecular weight excluding hydrogens is 1350 g/mol. The van der Waals surface area contributed by atoms with E-state index in [1.807, 2.05) is 83.1 Å². The van der Waals surface area contributed by atoms with Crippen LogP contribution in [-0.2, 0) is 42.7 Å². The Kier molecular flexibility index (Phi) is 16.4. The van der Waals surface area contributed by atoms with E-state index in [0.29, 0.717) is 34.4 Å². The first-order valence-electron chi connectivity index (χ1n) is 35.4. The third-order valence-corrected chi connectivity index (χ3v) is 20.4. The number of benzene rings is 9. The van der Waals surface area contributed by atoms with Gasteiger partial charge in [0.2, 0.25) is 0 Å². The Morgan fingerprint density at radius 1 is 0.552 bits per heavy atom. The van der Waals surface area contributed by atoms with E-state index >= 15 is 0 Å². The van der Waals surface area contributed by atoms with E-state index in [1.54, 1.807) is 0 Å². The van der Waals surface area contributed by atoms with Crippen LogP contribution in [0, 0.1) is 31.1 Å². The number of para-hydroxylation sites is 4. The van der Waals surface area contributed by atoms with Crippen molar-refractivity contribution in [1.82, 2.24) is 9.55 Å².